The SMILES string of the molecule is COCCOc1c(F)cccc1N1CCCC1. The molecule has 1 saturated heterocycles. The summed E-state index contributed by atoms with van der Waals surface area (Å²) in [4.78, 5) is 2.17. The number of rotatable bonds is 5. The van der Waals surface area contributed by atoms with E-state index in [1.807, 2.05) is 6.07 Å². The van der Waals surface area contributed by atoms with Crippen LogP contribution in [0.5, 0.6) is 5.75 Å². The molecule has 0 aromatic heterocycles. The van der Waals surface area contributed by atoms with Gasteiger partial charge in [-0.3, -0.25) is 0 Å². The fourth-order valence-electron chi connectivity index (χ4n) is 2.07. The number of ether oxygens (including phenoxy) is 2. The van der Waals surface area contributed by atoms with E-state index in [1.54, 1.807) is 13.2 Å². The molecule has 94 valence electrons. The largest absolute Gasteiger partial charge is 0.486 e. The summed E-state index contributed by atoms with van der Waals surface area (Å²) in [6, 6.07) is 5.07. The predicted molar refractivity (Wildman–Crippen MR) is 65.2 cm³/mol. The van der Waals surface area contributed by atoms with Gasteiger partial charge in [-0.05, 0) is 25.0 Å². The summed E-state index contributed by atoms with van der Waals surface area (Å²) in [5.74, 6) is 0.0527. The van der Waals surface area contributed by atoms with E-state index in [9.17, 15) is 4.39 Å². The lowest BCUT2D eigenvalue weighted by molar-refractivity contribution is 0.144. The fraction of sp³-hybridized carbons (Fsp3) is 0.538. The van der Waals surface area contributed by atoms with Crippen LogP contribution >= 0.6 is 0 Å². The molecule has 3 nitrogen and oxygen atoms in total. The summed E-state index contributed by atoms with van der Waals surface area (Å²) < 4.78 is 24.1. The second kappa shape index (κ2) is 5.87. The topological polar surface area (TPSA) is 21.7 Å². The average molecular weight is 239 g/mol. The zero-order chi connectivity index (χ0) is 12.1. The van der Waals surface area contributed by atoms with Crippen molar-refractivity contribution in [1.82, 2.24) is 0 Å². The van der Waals surface area contributed by atoms with Crippen LogP contribution in [0.4, 0.5) is 10.1 Å². The first-order chi connectivity index (χ1) is 8.33. The standard InChI is InChI=1S/C13H18FNO2/c1-16-9-10-17-13-11(14)5-4-6-12(13)15-7-2-3-8-15/h4-6H,2-3,7-10H2,1H3. The van der Waals surface area contributed by atoms with E-state index in [0.717, 1.165) is 31.6 Å². The summed E-state index contributed by atoms with van der Waals surface area (Å²) in [7, 11) is 1.60. The summed E-state index contributed by atoms with van der Waals surface area (Å²) in [6.07, 6.45) is 2.32. The number of halogens is 1. The van der Waals surface area contributed by atoms with E-state index in [0.29, 0.717) is 19.0 Å². The van der Waals surface area contributed by atoms with Crippen molar-refractivity contribution in [2.75, 3.05) is 38.3 Å². The van der Waals surface area contributed by atoms with Crippen molar-refractivity contribution in [3.63, 3.8) is 0 Å². The highest BCUT2D eigenvalue weighted by Crippen LogP contribution is 2.33. The van der Waals surface area contributed by atoms with Crippen molar-refractivity contribution < 1.29 is 13.9 Å². The van der Waals surface area contributed by atoms with Gasteiger partial charge in [0.05, 0.1) is 12.3 Å². The number of nitrogens with zero attached hydrogens (tertiary/aromatic N) is 1. The van der Waals surface area contributed by atoms with Crippen molar-refractivity contribution in [1.29, 1.82) is 0 Å². The molecule has 0 unspecified atom stereocenters. The maximum absolute atomic E-state index is 13.7. The molecule has 1 aliphatic heterocycles. The van der Waals surface area contributed by atoms with Crippen molar-refractivity contribution in [2.24, 2.45) is 0 Å². The van der Waals surface area contributed by atoms with Gasteiger partial charge in [-0.25, -0.2) is 4.39 Å². The number of para-hydroxylation sites is 1. The fourth-order valence-corrected chi connectivity index (χ4v) is 2.07. The Morgan fingerprint density at radius 1 is 1.24 bits per heavy atom. The van der Waals surface area contributed by atoms with Crippen LogP contribution in [-0.2, 0) is 4.74 Å². The maximum Gasteiger partial charge on any atom is 0.178 e. The zero-order valence-electron chi connectivity index (χ0n) is 10.1. The number of benzene rings is 1. The van der Waals surface area contributed by atoms with Gasteiger partial charge in [0.2, 0.25) is 0 Å². The van der Waals surface area contributed by atoms with Gasteiger partial charge in [0.25, 0.3) is 0 Å². The van der Waals surface area contributed by atoms with Gasteiger partial charge in [0.1, 0.15) is 6.61 Å². The van der Waals surface area contributed by atoms with Crippen LogP contribution in [0.25, 0.3) is 0 Å². The van der Waals surface area contributed by atoms with Gasteiger partial charge in [-0.2, -0.15) is 0 Å². The molecule has 0 N–H and O–H groups in total. The Morgan fingerprint density at radius 2 is 2.00 bits per heavy atom. The third-order valence-corrected chi connectivity index (χ3v) is 2.93. The minimum absolute atomic E-state index is 0.300. The molecule has 1 aromatic rings. The Bertz CT molecular complexity index is 364. The van der Waals surface area contributed by atoms with E-state index in [-0.39, 0.29) is 5.82 Å². The second-order valence-electron chi connectivity index (χ2n) is 4.12. The molecule has 1 aromatic carbocycles. The van der Waals surface area contributed by atoms with Gasteiger partial charge < -0.3 is 14.4 Å². The van der Waals surface area contributed by atoms with E-state index >= 15 is 0 Å². The molecule has 1 fully saturated rings. The minimum Gasteiger partial charge on any atom is -0.486 e. The highest BCUT2D eigenvalue weighted by atomic mass is 19.1. The van der Waals surface area contributed by atoms with Crippen LogP contribution in [0.15, 0.2) is 18.2 Å². The Hall–Kier alpha value is -1.29. The quantitative estimate of drug-likeness (QED) is 0.737. The van der Waals surface area contributed by atoms with Gasteiger partial charge >= 0.3 is 0 Å². The number of hydrogen-bond donors (Lipinski definition) is 0. The molecule has 1 heterocycles. The highest BCUT2D eigenvalue weighted by Gasteiger charge is 2.18. The third kappa shape index (κ3) is 2.88. The molecule has 0 atom stereocenters. The maximum atomic E-state index is 13.7. The van der Waals surface area contributed by atoms with Gasteiger partial charge in [-0.15, -0.1) is 0 Å². The number of methoxy groups -OCH3 is 1. The lowest BCUT2D eigenvalue weighted by Gasteiger charge is -2.21. The van der Waals surface area contributed by atoms with Crippen molar-refractivity contribution in [2.45, 2.75) is 12.8 Å². The lowest BCUT2D eigenvalue weighted by atomic mass is 10.2. The van der Waals surface area contributed by atoms with Crippen LogP contribution in [0.3, 0.4) is 0 Å². The Labute approximate surface area is 101 Å². The van der Waals surface area contributed by atoms with Gasteiger partial charge in [-0.1, -0.05) is 6.07 Å². The van der Waals surface area contributed by atoms with E-state index in [1.165, 1.54) is 6.07 Å². The summed E-state index contributed by atoms with van der Waals surface area (Å²) >= 11 is 0. The first-order valence-electron chi connectivity index (χ1n) is 5.98. The van der Waals surface area contributed by atoms with Gasteiger partial charge in [0, 0.05) is 20.2 Å². The second-order valence-corrected chi connectivity index (χ2v) is 4.12. The van der Waals surface area contributed by atoms with Gasteiger partial charge in [0.15, 0.2) is 11.6 Å². The Morgan fingerprint density at radius 3 is 2.71 bits per heavy atom. The lowest BCUT2D eigenvalue weighted by Crippen LogP contribution is -2.19. The van der Waals surface area contributed by atoms with E-state index in [2.05, 4.69) is 4.90 Å². The Kier molecular flexibility index (Phi) is 4.20. The third-order valence-electron chi connectivity index (χ3n) is 2.93. The molecular weight excluding hydrogens is 221 g/mol. The summed E-state index contributed by atoms with van der Waals surface area (Å²) in [5, 5.41) is 0. The molecule has 0 radical (unpaired) electrons. The number of hydrogen-bond acceptors (Lipinski definition) is 3. The molecule has 2 rings (SSSR count). The zero-order valence-corrected chi connectivity index (χ0v) is 10.1. The molecule has 1 aliphatic rings. The molecular formula is C13H18FNO2. The molecule has 0 saturated carbocycles. The van der Waals surface area contributed by atoms with Crippen LogP contribution in [0, 0.1) is 5.82 Å². The van der Waals surface area contributed by atoms with Crippen LogP contribution in [0.2, 0.25) is 0 Å². The molecule has 17 heavy (non-hydrogen) atoms. The number of anilines is 1. The average Bonchev–Trinajstić information content (AvgIpc) is 2.85. The van der Waals surface area contributed by atoms with Crippen molar-refractivity contribution in [3.8, 4) is 5.75 Å². The van der Waals surface area contributed by atoms with Crippen LogP contribution < -0.4 is 9.64 Å². The molecule has 0 bridgehead atoms. The minimum atomic E-state index is -0.300. The van der Waals surface area contributed by atoms with Crippen molar-refractivity contribution >= 4 is 5.69 Å². The van der Waals surface area contributed by atoms with E-state index in [4.69, 9.17) is 9.47 Å². The first-order valence-corrected chi connectivity index (χ1v) is 5.98. The summed E-state index contributed by atoms with van der Waals surface area (Å²) in [6.45, 7) is 2.79. The monoisotopic (exact) mass is 239 g/mol. The molecule has 0 spiro atoms. The molecule has 0 aliphatic carbocycles. The van der Waals surface area contributed by atoms with Crippen LogP contribution in [-0.4, -0.2) is 33.4 Å². The predicted octanol–water partition coefficient (Wildman–Crippen LogP) is 2.45. The Balaban J connectivity index is 2.15. The molecule has 0 amide bonds. The molecule has 4 heteroatoms. The van der Waals surface area contributed by atoms with E-state index < -0.39 is 0 Å². The van der Waals surface area contributed by atoms with Crippen molar-refractivity contribution in [3.05, 3.63) is 24.0 Å². The summed E-state index contributed by atoms with van der Waals surface area (Å²) in [5.41, 5.74) is 0.860. The van der Waals surface area contributed by atoms with Crippen LogP contribution in [0.1, 0.15) is 12.8 Å². The first kappa shape index (κ1) is 12.2. The normalized spacial score (nSPS) is 15.3. The smallest absolute Gasteiger partial charge is 0.178 e. The highest BCUT2D eigenvalue weighted by molar-refractivity contribution is 5.59.